The molecule has 0 aliphatic carbocycles. The van der Waals surface area contributed by atoms with Crippen molar-refractivity contribution < 1.29 is 9.47 Å². The van der Waals surface area contributed by atoms with Gasteiger partial charge in [-0.1, -0.05) is 6.92 Å². The number of ether oxygens (including phenoxy) is 2. The Balaban J connectivity index is 1.99. The fourth-order valence-corrected chi connectivity index (χ4v) is 1.34. The van der Waals surface area contributed by atoms with Gasteiger partial charge in [-0.25, -0.2) is 0 Å². The first-order valence-electron chi connectivity index (χ1n) is 3.89. The molecule has 0 aromatic rings. The quantitative estimate of drug-likeness (QED) is 0.592. The lowest BCUT2D eigenvalue weighted by atomic mass is 9.95. The molecule has 0 aromatic heterocycles. The van der Waals surface area contributed by atoms with E-state index in [2.05, 4.69) is 6.92 Å². The summed E-state index contributed by atoms with van der Waals surface area (Å²) >= 11 is 0. The highest BCUT2D eigenvalue weighted by molar-refractivity contribution is 4.68. The molecule has 1 unspecified atom stereocenters. The maximum Gasteiger partial charge on any atom is 0.0516 e. The first-order valence-corrected chi connectivity index (χ1v) is 3.89. The smallest absolute Gasteiger partial charge is 0.0516 e. The Bertz CT molecular complexity index is 89.3. The molecular weight excluding hydrogens is 128 g/mol. The second-order valence-corrected chi connectivity index (χ2v) is 3.20. The van der Waals surface area contributed by atoms with Gasteiger partial charge < -0.3 is 9.47 Å². The molecule has 0 bridgehead atoms. The van der Waals surface area contributed by atoms with Crippen LogP contribution in [-0.4, -0.2) is 26.9 Å². The van der Waals surface area contributed by atoms with E-state index in [4.69, 9.17) is 9.47 Å². The van der Waals surface area contributed by atoms with Crippen molar-refractivity contribution in [1.29, 1.82) is 0 Å². The molecule has 0 aromatic carbocycles. The molecule has 1 aliphatic rings. The molecule has 0 radical (unpaired) electrons. The summed E-state index contributed by atoms with van der Waals surface area (Å²) in [6.07, 6.45) is 1.26. The van der Waals surface area contributed by atoms with Gasteiger partial charge in [0.25, 0.3) is 0 Å². The van der Waals surface area contributed by atoms with E-state index in [1.165, 1.54) is 6.42 Å². The predicted molar refractivity (Wildman–Crippen MR) is 40.0 cm³/mol. The summed E-state index contributed by atoms with van der Waals surface area (Å²) in [6, 6.07) is 0. The topological polar surface area (TPSA) is 18.5 Å². The Labute approximate surface area is 62.5 Å². The van der Waals surface area contributed by atoms with E-state index in [-0.39, 0.29) is 0 Å². The van der Waals surface area contributed by atoms with Crippen molar-refractivity contribution in [2.75, 3.05) is 26.9 Å². The van der Waals surface area contributed by atoms with Crippen LogP contribution in [0, 0.1) is 11.8 Å². The van der Waals surface area contributed by atoms with Crippen molar-refractivity contribution in [2.24, 2.45) is 11.8 Å². The standard InChI is InChI=1S/C8H16O2/c1-7(4-9-2)3-8-5-10-6-8/h7-8H,3-6H2,1-2H3. The van der Waals surface area contributed by atoms with Crippen LogP contribution in [-0.2, 0) is 9.47 Å². The number of hydrogen-bond acceptors (Lipinski definition) is 2. The molecule has 1 fully saturated rings. The predicted octanol–water partition coefficient (Wildman–Crippen LogP) is 1.31. The van der Waals surface area contributed by atoms with Gasteiger partial charge in [-0.3, -0.25) is 0 Å². The first-order chi connectivity index (χ1) is 4.83. The summed E-state index contributed by atoms with van der Waals surface area (Å²) in [4.78, 5) is 0. The van der Waals surface area contributed by atoms with Gasteiger partial charge in [-0.2, -0.15) is 0 Å². The molecule has 0 N–H and O–H groups in total. The van der Waals surface area contributed by atoms with Crippen LogP contribution >= 0.6 is 0 Å². The van der Waals surface area contributed by atoms with E-state index in [1.807, 2.05) is 0 Å². The molecule has 0 spiro atoms. The second-order valence-electron chi connectivity index (χ2n) is 3.20. The largest absolute Gasteiger partial charge is 0.384 e. The van der Waals surface area contributed by atoms with Crippen LogP contribution in [0.3, 0.4) is 0 Å². The van der Waals surface area contributed by atoms with Crippen LogP contribution < -0.4 is 0 Å². The highest BCUT2D eigenvalue weighted by Crippen LogP contribution is 2.19. The summed E-state index contributed by atoms with van der Waals surface area (Å²) in [5.74, 6) is 1.50. The Morgan fingerprint density at radius 1 is 1.60 bits per heavy atom. The molecule has 1 atom stereocenters. The Kier molecular flexibility index (Phi) is 3.16. The monoisotopic (exact) mass is 144 g/mol. The maximum absolute atomic E-state index is 5.07. The van der Waals surface area contributed by atoms with Crippen LogP contribution in [0.1, 0.15) is 13.3 Å². The molecule has 1 aliphatic heterocycles. The van der Waals surface area contributed by atoms with Gasteiger partial charge in [0.15, 0.2) is 0 Å². The molecule has 1 rings (SSSR count). The van der Waals surface area contributed by atoms with E-state index in [1.54, 1.807) is 7.11 Å². The van der Waals surface area contributed by atoms with Crippen molar-refractivity contribution in [3.8, 4) is 0 Å². The lowest BCUT2D eigenvalue weighted by Crippen LogP contribution is -2.29. The molecule has 2 heteroatoms. The first kappa shape index (κ1) is 8.02. The fourth-order valence-electron chi connectivity index (χ4n) is 1.34. The van der Waals surface area contributed by atoms with E-state index >= 15 is 0 Å². The van der Waals surface area contributed by atoms with Crippen LogP contribution in [0.4, 0.5) is 0 Å². The van der Waals surface area contributed by atoms with Gasteiger partial charge in [0.05, 0.1) is 13.2 Å². The Morgan fingerprint density at radius 3 is 2.70 bits per heavy atom. The Morgan fingerprint density at radius 2 is 2.30 bits per heavy atom. The maximum atomic E-state index is 5.07. The molecule has 1 saturated heterocycles. The lowest BCUT2D eigenvalue weighted by Gasteiger charge is -2.28. The molecule has 1 heterocycles. The molecule has 0 amide bonds. The Hall–Kier alpha value is -0.0800. The third-order valence-corrected chi connectivity index (χ3v) is 1.89. The van der Waals surface area contributed by atoms with E-state index < -0.39 is 0 Å². The van der Waals surface area contributed by atoms with Gasteiger partial charge in [-0.15, -0.1) is 0 Å². The van der Waals surface area contributed by atoms with E-state index in [0.29, 0.717) is 5.92 Å². The fraction of sp³-hybridized carbons (Fsp3) is 1.00. The van der Waals surface area contributed by atoms with Gasteiger partial charge in [-0.05, 0) is 12.3 Å². The summed E-state index contributed by atoms with van der Waals surface area (Å²) in [5, 5.41) is 0. The van der Waals surface area contributed by atoms with Gasteiger partial charge in [0.2, 0.25) is 0 Å². The van der Waals surface area contributed by atoms with Gasteiger partial charge >= 0.3 is 0 Å². The molecule has 10 heavy (non-hydrogen) atoms. The van der Waals surface area contributed by atoms with E-state index in [9.17, 15) is 0 Å². The molecular formula is C8H16O2. The number of rotatable bonds is 4. The zero-order valence-electron chi connectivity index (χ0n) is 6.80. The molecule has 60 valence electrons. The molecule has 0 saturated carbocycles. The zero-order valence-corrected chi connectivity index (χ0v) is 6.80. The summed E-state index contributed by atoms with van der Waals surface area (Å²) in [5.41, 5.74) is 0. The lowest BCUT2D eigenvalue weighted by molar-refractivity contribution is -0.0455. The van der Waals surface area contributed by atoms with Crippen molar-refractivity contribution in [1.82, 2.24) is 0 Å². The van der Waals surface area contributed by atoms with Crippen molar-refractivity contribution in [3.05, 3.63) is 0 Å². The zero-order chi connectivity index (χ0) is 7.40. The van der Waals surface area contributed by atoms with Crippen LogP contribution in [0.5, 0.6) is 0 Å². The summed E-state index contributed by atoms with van der Waals surface area (Å²) in [7, 11) is 1.76. The van der Waals surface area contributed by atoms with Crippen molar-refractivity contribution >= 4 is 0 Å². The average molecular weight is 144 g/mol. The highest BCUT2D eigenvalue weighted by atomic mass is 16.5. The van der Waals surface area contributed by atoms with Gasteiger partial charge in [0.1, 0.15) is 0 Å². The minimum absolute atomic E-state index is 0.693. The number of methoxy groups -OCH3 is 1. The van der Waals surface area contributed by atoms with Crippen molar-refractivity contribution in [3.63, 3.8) is 0 Å². The summed E-state index contributed by atoms with van der Waals surface area (Å²) in [6.45, 7) is 5.04. The molecule has 2 nitrogen and oxygen atoms in total. The minimum Gasteiger partial charge on any atom is -0.384 e. The highest BCUT2D eigenvalue weighted by Gasteiger charge is 2.20. The third kappa shape index (κ3) is 2.27. The van der Waals surface area contributed by atoms with Crippen LogP contribution in [0.15, 0.2) is 0 Å². The summed E-state index contributed by atoms with van der Waals surface area (Å²) < 4.78 is 10.1. The second kappa shape index (κ2) is 3.94. The minimum atomic E-state index is 0.693. The number of hydrogen-bond donors (Lipinski definition) is 0. The normalized spacial score (nSPS) is 22.2. The van der Waals surface area contributed by atoms with Crippen LogP contribution in [0.2, 0.25) is 0 Å². The SMILES string of the molecule is COCC(C)CC1COC1. The van der Waals surface area contributed by atoms with Crippen LogP contribution in [0.25, 0.3) is 0 Å². The van der Waals surface area contributed by atoms with Crippen molar-refractivity contribution in [2.45, 2.75) is 13.3 Å². The van der Waals surface area contributed by atoms with E-state index in [0.717, 1.165) is 25.7 Å². The average Bonchev–Trinajstić information content (AvgIpc) is 1.80. The van der Waals surface area contributed by atoms with Gasteiger partial charge in [0, 0.05) is 19.6 Å². The third-order valence-electron chi connectivity index (χ3n) is 1.89.